The molecule has 3 aromatic rings. The molecule has 0 radical (unpaired) electrons. The highest BCUT2D eigenvalue weighted by molar-refractivity contribution is 6.26. The average Bonchev–Trinajstić information content (AvgIpc) is 3.10. The van der Waals surface area contributed by atoms with E-state index in [1.54, 1.807) is 25.1 Å². The van der Waals surface area contributed by atoms with Crippen molar-refractivity contribution in [1.82, 2.24) is 0 Å². The van der Waals surface area contributed by atoms with E-state index < -0.39 is 17.3 Å². The first-order valence-electron chi connectivity index (χ1n) is 11.3. The van der Waals surface area contributed by atoms with E-state index in [0.29, 0.717) is 18.0 Å². The molecule has 0 unspecified atom stereocenters. The zero-order chi connectivity index (χ0) is 22.9. The van der Waals surface area contributed by atoms with Crippen molar-refractivity contribution in [2.45, 2.75) is 25.2 Å². The third-order valence-electron chi connectivity index (χ3n) is 7.58. The predicted octanol–water partition coefficient (Wildman–Crippen LogP) is 4.23. The van der Waals surface area contributed by atoms with Gasteiger partial charge < -0.3 is 4.74 Å². The summed E-state index contributed by atoms with van der Waals surface area (Å²) in [6.07, 6.45) is 0. The van der Waals surface area contributed by atoms with Gasteiger partial charge in [-0.2, -0.15) is 0 Å². The lowest BCUT2D eigenvalue weighted by Crippen LogP contribution is -2.57. The second kappa shape index (κ2) is 6.88. The molecule has 0 saturated carbocycles. The van der Waals surface area contributed by atoms with Gasteiger partial charge in [-0.1, -0.05) is 60.7 Å². The number of hydrogen-bond acceptors (Lipinski definition) is 4. The van der Waals surface area contributed by atoms with Crippen LogP contribution < -0.4 is 9.64 Å². The van der Waals surface area contributed by atoms with Crippen molar-refractivity contribution >= 4 is 23.3 Å². The zero-order valence-electron chi connectivity index (χ0n) is 18.4. The van der Waals surface area contributed by atoms with Gasteiger partial charge in [0.2, 0.25) is 11.8 Å². The lowest BCUT2D eigenvalue weighted by atomic mass is 9.46. The van der Waals surface area contributed by atoms with Crippen LogP contribution in [0.2, 0.25) is 0 Å². The SMILES string of the molecule is CCOc1ccccc1N1C(=O)[C@@H]2C3c4ccccc4C(C(C)=O)(c4ccccc43)[C@@H]2C1=O. The van der Waals surface area contributed by atoms with Crippen LogP contribution in [0.25, 0.3) is 0 Å². The number of ketones is 1. The van der Waals surface area contributed by atoms with E-state index in [4.69, 9.17) is 4.74 Å². The Balaban J connectivity index is 1.64. The van der Waals surface area contributed by atoms with Crippen molar-refractivity contribution in [1.29, 1.82) is 0 Å². The fraction of sp³-hybridized carbons (Fsp3) is 0.250. The van der Waals surface area contributed by atoms with Crippen LogP contribution in [0.5, 0.6) is 5.75 Å². The van der Waals surface area contributed by atoms with Gasteiger partial charge in [-0.15, -0.1) is 0 Å². The second-order valence-electron chi connectivity index (χ2n) is 8.93. The lowest BCUT2D eigenvalue weighted by molar-refractivity contribution is -0.132. The highest BCUT2D eigenvalue weighted by Gasteiger charge is 2.70. The second-order valence-corrected chi connectivity index (χ2v) is 8.93. The van der Waals surface area contributed by atoms with Crippen molar-refractivity contribution in [2.24, 2.45) is 11.8 Å². The van der Waals surface area contributed by atoms with Crippen molar-refractivity contribution in [3.63, 3.8) is 0 Å². The number of amides is 2. The highest BCUT2D eigenvalue weighted by atomic mass is 16.5. The maximum atomic E-state index is 14.1. The minimum Gasteiger partial charge on any atom is -0.492 e. The molecule has 3 aromatic carbocycles. The van der Waals surface area contributed by atoms with E-state index in [-0.39, 0.29) is 23.5 Å². The maximum Gasteiger partial charge on any atom is 0.239 e. The summed E-state index contributed by atoms with van der Waals surface area (Å²) < 4.78 is 5.75. The van der Waals surface area contributed by atoms with E-state index in [0.717, 1.165) is 22.3 Å². The molecular weight excluding hydrogens is 414 g/mol. The van der Waals surface area contributed by atoms with Gasteiger partial charge in [0.05, 0.1) is 29.5 Å². The Hall–Kier alpha value is -3.73. The number of benzene rings is 3. The third-order valence-corrected chi connectivity index (χ3v) is 7.58. The zero-order valence-corrected chi connectivity index (χ0v) is 18.4. The number of anilines is 1. The molecule has 2 amide bonds. The van der Waals surface area contributed by atoms with Crippen LogP contribution in [0.4, 0.5) is 5.69 Å². The first-order valence-corrected chi connectivity index (χ1v) is 11.3. The van der Waals surface area contributed by atoms with E-state index in [2.05, 4.69) is 0 Å². The fourth-order valence-corrected chi connectivity index (χ4v) is 6.53. The summed E-state index contributed by atoms with van der Waals surface area (Å²) in [5, 5.41) is 0. The van der Waals surface area contributed by atoms with Gasteiger partial charge >= 0.3 is 0 Å². The van der Waals surface area contributed by atoms with Gasteiger partial charge in [-0.3, -0.25) is 14.4 Å². The number of rotatable bonds is 4. The molecule has 5 heteroatoms. The standard InChI is InChI=1S/C28H23NO4/c1-3-33-22-15-9-8-14-21(22)29-26(31)24-23-17-10-4-6-12-19(17)28(16(2)30,25(24)27(29)32)20-13-7-5-11-18(20)23/h4-15,23-25H,3H2,1-2H3/t23?,24-,25+,28?/m1/s1. The summed E-state index contributed by atoms with van der Waals surface area (Å²) in [4.78, 5) is 43.0. The Kier molecular flexibility index (Phi) is 4.15. The molecule has 5 nitrogen and oxygen atoms in total. The summed E-state index contributed by atoms with van der Waals surface area (Å²) in [5.41, 5.74) is 2.89. The molecule has 1 fully saturated rings. The molecule has 0 spiro atoms. The highest BCUT2D eigenvalue weighted by Crippen LogP contribution is 2.64. The van der Waals surface area contributed by atoms with Gasteiger partial charge in [0.15, 0.2) is 0 Å². The van der Waals surface area contributed by atoms with Crippen LogP contribution in [-0.2, 0) is 19.8 Å². The molecule has 2 bridgehead atoms. The van der Waals surface area contributed by atoms with Crippen LogP contribution in [-0.4, -0.2) is 24.2 Å². The van der Waals surface area contributed by atoms with Crippen LogP contribution >= 0.6 is 0 Å². The maximum absolute atomic E-state index is 14.1. The molecule has 2 atom stereocenters. The number of nitrogens with zero attached hydrogens (tertiary/aromatic N) is 1. The van der Waals surface area contributed by atoms with Crippen molar-refractivity contribution in [2.75, 3.05) is 11.5 Å². The molecule has 7 rings (SSSR count). The summed E-state index contributed by atoms with van der Waals surface area (Å²) in [5.74, 6) is -1.92. The Bertz CT molecular complexity index is 1300. The molecule has 1 saturated heterocycles. The minimum atomic E-state index is -1.19. The Morgan fingerprint density at radius 2 is 1.45 bits per heavy atom. The van der Waals surface area contributed by atoms with Crippen LogP contribution in [0, 0.1) is 11.8 Å². The minimum absolute atomic E-state index is 0.114. The molecule has 33 heavy (non-hydrogen) atoms. The summed E-state index contributed by atoms with van der Waals surface area (Å²) in [6.45, 7) is 3.82. The average molecular weight is 437 g/mol. The quantitative estimate of drug-likeness (QED) is 0.573. The third kappa shape index (κ3) is 2.29. The number of carbonyl (C=O) groups excluding carboxylic acids is 3. The van der Waals surface area contributed by atoms with Gasteiger partial charge in [0.1, 0.15) is 11.5 Å². The lowest BCUT2D eigenvalue weighted by Gasteiger charge is -2.52. The van der Waals surface area contributed by atoms with Crippen molar-refractivity contribution in [3.05, 3.63) is 95.1 Å². The Labute approximate surface area is 192 Å². The van der Waals surface area contributed by atoms with Gasteiger partial charge in [-0.05, 0) is 48.2 Å². The molecule has 164 valence electrons. The topological polar surface area (TPSA) is 63.7 Å². The number of ether oxygens (including phenoxy) is 1. The summed E-state index contributed by atoms with van der Waals surface area (Å²) >= 11 is 0. The molecule has 1 heterocycles. The van der Waals surface area contributed by atoms with Gasteiger partial charge in [0.25, 0.3) is 0 Å². The molecule has 0 N–H and O–H groups in total. The van der Waals surface area contributed by atoms with E-state index in [1.165, 1.54) is 4.90 Å². The van der Waals surface area contributed by atoms with Gasteiger partial charge in [0, 0.05) is 5.92 Å². The van der Waals surface area contributed by atoms with Crippen LogP contribution in [0.15, 0.2) is 72.8 Å². The number of hydrogen-bond donors (Lipinski definition) is 0. The molecule has 0 aromatic heterocycles. The molecule has 4 aliphatic rings. The van der Waals surface area contributed by atoms with Crippen LogP contribution in [0.3, 0.4) is 0 Å². The molecular formula is C28H23NO4. The number of imide groups is 1. The van der Waals surface area contributed by atoms with E-state index >= 15 is 0 Å². The largest absolute Gasteiger partial charge is 0.492 e. The first-order chi connectivity index (χ1) is 16.0. The number of para-hydroxylation sites is 2. The van der Waals surface area contributed by atoms with Crippen molar-refractivity contribution < 1.29 is 19.1 Å². The monoisotopic (exact) mass is 437 g/mol. The Morgan fingerprint density at radius 3 is 2.06 bits per heavy atom. The Morgan fingerprint density at radius 1 is 0.879 bits per heavy atom. The molecule has 1 aliphatic heterocycles. The number of carbonyl (C=O) groups is 3. The normalized spacial score (nSPS) is 26.6. The smallest absolute Gasteiger partial charge is 0.239 e. The fourth-order valence-electron chi connectivity index (χ4n) is 6.53. The van der Waals surface area contributed by atoms with E-state index in [9.17, 15) is 14.4 Å². The van der Waals surface area contributed by atoms with E-state index in [1.807, 2.05) is 61.5 Å². The summed E-state index contributed by atoms with van der Waals surface area (Å²) in [7, 11) is 0. The summed E-state index contributed by atoms with van der Waals surface area (Å²) in [6, 6.07) is 22.7. The van der Waals surface area contributed by atoms with Crippen LogP contribution in [0.1, 0.15) is 42.0 Å². The van der Waals surface area contributed by atoms with Crippen molar-refractivity contribution in [3.8, 4) is 5.75 Å². The number of Topliss-reactive ketones (excluding diaryl/α,β-unsaturated/α-hetero) is 1. The molecule has 3 aliphatic carbocycles. The van der Waals surface area contributed by atoms with Gasteiger partial charge in [-0.25, -0.2) is 4.90 Å². The predicted molar refractivity (Wildman–Crippen MR) is 123 cm³/mol. The first kappa shape index (κ1) is 19.9.